The van der Waals surface area contributed by atoms with Crippen LogP contribution in [0, 0.1) is 11.3 Å². The van der Waals surface area contributed by atoms with Crippen molar-refractivity contribution in [2.24, 2.45) is 4.99 Å². The Morgan fingerprint density at radius 3 is 2.27 bits per heavy atom. The number of aliphatic imine (C=N–C) groups is 1. The number of nitriles is 1. The van der Waals surface area contributed by atoms with Crippen molar-refractivity contribution < 1.29 is 19.1 Å². The summed E-state index contributed by atoms with van der Waals surface area (Å²) in [5, 5.41) is 14.7. The third kappa shape index (κ3) is 9.38. The van der Waals surface area contributed by atoms with Crippen LogP contribution in [0.15, 0.2) is 77.4 Å². The molecule has 0 radical (unpaired) electrons. The van der Waals surface area contributed by atoms with E-state index in [1.165, 1.54) is 13.1 Å². The van der Waals surface area contributed by atoms with E-state index in [4.69, 9.17) is 10.00 Å². The van der Waals surface area contributed by atoms with E-state index in [2.05, 4.69) is 33.2 Å². The molecule has 0 aromatic heterocycles. The van der Waals surface area contributed by atoms with Crippen LogP contribution in [0.3, 0.4) is 0 Å². The normalized spacial score (nSPS) is 16.8. The quantitative estimate of drug-likeness (QED) is 0.313. The van der Waals surface area contributed by atoms with E-state index in [1.54, 1.807) is 30.0 Å². The van der Waals surface area contributed by atoms with Gasteiger partial charge in [-0.05, 0) is 61.7 Å². The third-order valence-electron chi connectivity index (χ3n) is 7.76. The van der Waals surface area contributed by atoms with Gasteiger partial charge in [0.05, 0.1) is 17.2 Å². The summed E-state index contributed by atoms with van der Waals surface area (Å²) in [6.07, 6.45) is 6.01. The second-order valence-corrected chi connectivity index (χ2v) is 11.1. The average molecular weight is 597 g/mol. The summed E-state index contributed by atoms with van der Waals surface area (Å²) in [5.74, 6) is 0.112. The van der Waals surface area contributed by atoms with Gasteiger partial charge < -0.3 is 20.3 Å². The van der Waals surface area contributed by atoms with Crippen LogP contribution < -0.4 is 15.4 Å². The molecule has 0 unspecified atom stereocenters. The molecule has 0 atom stereocenters. The molecule has 2 aromatic rings. The Morgan fingerprint density at radius 1 is 1.02 bits per heavy atom. The maximum Gasteiger partial charge on any atom is 0.272 e. The van der Waals surface area contributed by atoms with Crippen LogP contribution in [-0.2, 0) is 20.9 Å². The van der Waals surface area contributed by atoms with E-state index in [1.807, 2.05) is 36.4 Å². The molecule has 2 N–H and O–H groups in total. The number of ether oxygens (including phenoxy) is 1. The maximum absolute atomic E-state index is 13.1. The van der Waals surface area contributed by atoms with E-state index in [-0.39, 0.29) is 41.1 Å². The van der Waals surface area contributed by atoms with Crippen LogP contribution in [0.25, 0.3) is 0 Å². The highest BCUT2D eigenvalue weighted by atomic mass is 16.5. The zero-order chi connectivity index (χ0) is 31.5. The number of hydrogen-bond acceptors (Lipinski definition) is 7. The summed E-state index contributed by atoms with van der Waals surface area (Å²) < 4.78 is 6.07. The molecule has 2 aliphatic heterocycles. The summed E-state index contributed by atoms with van der Waals surface area (Å²) in [5.41, 5.74) is 2.99. The molecule has 3 amide bonds. The number of anilines is 1. The second kappa shape index (κ2) is 15.6. The number of amides is 3. The van der Waals surface area contributed by atoms with E-state index >= 15 is 0 Å². The van der Waals surface area contributed by atoms with Crippen LogP contribution in [0.2, 0.25) is 0 Å². The Kier molecular flexibility index (Phi) is 11.4. The molecule has 0 bridgehead atoms. The first-order valence-electron chi connectivity index (χ1n) is 15.0. The van der Waals surface area contributed by atoms with Gasteiger partial charge in [0.2, 0.25) is 5.91 Å². The van der Waals surface area contributed by atoms with E-state index < -0.39 is 0 Å². The molecule has 2 aliphatic rings. The summed E-state index contributed by atoms with van der Waals surface area (Å²) >= 11 is 0. The van der Waals surface area contributed by atoms with Gasteiger partial charge in [-0.1, -0.05) is 24.8 Å². The van der Waals surface area contributed by atoms with Gasteiger partial charge >= 0.3 is 0 Å². The largest absolute Gasteiger partial charge is 0.490 e. The van der Waals surface area contributed by atoms with Gasteiger partial charge in [-0.15, -0.1) is 0 Å². The number of carbonyl (C=O) groups excluding carboxylic acids is 3. The van der Waals surface area contributed by atoms with E-state index in [9.17, 15) is 14.4 Å². The van der Waals surface area contributed by atoms with E-state index in [0.717, 1.165) is 38.0 Å². The lowest BCUT2D eigenvalue weighted by Gasteiger charge is -2.32. The predicted molar refractivity (Wildman–Crippen MR) is 170 cm³/mol. The fourth-order valence-corrected chi connectivity index (χ4v) is 5.27. The lowest BCUT2D eigenvalue weighted by atomic mass is 10.0. The summed E-state index contributed by atoms with van der Waals surface area (Å²) in [6.45, 7) is 10.7. The highest BCUT2D eigenvalue weighted by Crippen LogP contribution is 2.22. The molecule has 2 aromatic carbocycles. The van der Waals surface area contributed by atoms with Crippen molar-refractivity contribution in [1.82, 2.24) is 15.1 Å². The molecule has 0 saturated carbocycles. The number of rotatable bonds is 10. The smallest absolute Gasteiger partial charge is 0.272 e. The van der Waals surface area contributed by atoms with Crippen LogP contribution in [-0.4, -0.2) is 72.1 Å². The fraction of sp³-hybridized carbons (Fsp3) is 0.382. The zero-order valence-electron chi connectivity index (χ0n) is 25.4. The van der Waals surface area contributed by atoms with Crippen LogP contribution in [0.1, 0.15) is 50.7 Å². The highest BCUT2D eigenvalue weighted by molar-refractivity contribution is 6.12. The third-order valence-corrected chi connectivity index (χ3v) is 7.76. The Morgan fingerprint density at radius 2 is 1.68 bits per heavy atom. The number of nitrogens with one attached hydrogen (secondary N) is 2. The van der Waals surface area contributed by atoms with Gasteiger partial charge in [-0.2, -0.15) is 5.26 Å². The Bertz CT molecular complexity index is 1430. The SMILES string of the molecule is C=C(/C=N\C(=C/C)C(=O)N1CCC(Oc2ccc(NC(C)=O)cc2)CC1)C(=O)NC1CCN(Cc2ccc(C#N)cc2)CC1. The maximum atomic E-state index is 13.1. The monoisotopic (exact) mass is 596 g/mol. The molecule has 2 fully saturated rings. The molecule has 4 rings (SSSR count). The van der Waals surface area contributed by atoms with Gasteiger partial charge in [-0.3, -0.25) is 24.3 Å². The molecule has 10 heteroatoms. The minimum absolute atomic E-state index is 0.0190. The van der Waals surface area contributed by atoms with Crippen molar-refractivity contribution in [2.45, 2.75) is 58.2 Å². The summed E-state index contributed by atoms with van der Waals surface area (Å²) in [4.78, 5) is 45.5. The summed E-state index contributed by atoms with van der Waals surface area (Å²) in [7, 11) is 0. The Balaban J connectivity index is 1.18. The number of hydrogen-bond donors (Lipinski definition) is 2. The van der Waals surface area contributed by atoms with Crippen molar-refractivity contribution >= 4 is 29.6 Å². The van der Waals surface area contributed by atoms with Crippen molar-refractivity contribution in [3.8, 4) is 11.8 Å². The van der Waals surface area contributed by atoms with E-state index in [0.29, 0.717) is 42.9 Å². The number of allylic oxidation sites excluding steroid dienone is 1. The number of benzene rings is 2. The lowest BCUT2D eigenvalue weighted by molar-refractivity contribution is -0.129. The first-order valence-corrected chi connectivity index (χ1v) is 15.0. The Labute approximate surface area is 259 Å². The van der Waals surface area contributed by atoms with Crippen LogP contribution in [0.4, 0.5) is 5.69 Å². The van der Waals surface area contributed by atoms with Crippen molar-refractivity contribution in [2.75, 3.05) is 31.5 Å². The molecule has 10 nitrogen and oxygen atoms in total. The first kappa shape index (κ1) is 32.2. The molecular formula is C34H40N6O4. The van der Waals surface area contributed by atoms with Crippen molar-refractivity contribution in [3.05, 3.63) is 83.6 Å². The number of nitrogens with zero attached hydrogens (tertiary/aromatic N) is 4. The van der Waals surface area contributed by atoms with Gasteiger partial charge in [-0.25, -0.2) is 0 Å². The topological polar surface area (TPSA) is 127 Å². The predicted octanol–water partition coefficient (Wildman–Crippen LogP) is 4.20. The molecular weight excluding hydrogens is 556 g/mol. The molecule has 44 heavy (non-hydrogen) atoms. The number of likely N-dealkylation sites (tertiary alicyclic amines) is 2. The lowest BCUT2D eigenvalue weighted by Crippen LogP contribution is -2.44. The number of carbonyl (C=O) groups is 3. The molecule has 2 saturated heterocycles. The fourth-order valence-electron chi connectivity index (χ4n) is 5.27. The average Bonchev–Trinajstić information content (AvgIpc) is 3.03. The highest BCUT2D eigenvalue weighted by Gasteiger charge is 2.26. The Hall–Kier alpha value is -4.75. The first-order chi connectivity index (χ1) is 21.2. The second-order valence-electron chi connectivity index (χ2n) is 11.1. The van der Waals surface area contributed by atoms with Gasteiger partial charge in [0.1, 0.15) is 17.6 Å². The van der Waals surface area contributed by atoms with Crippen LogP contribution in [0.5, 0.6) is 5.75 Å². The van der Waals surface area contributed by atoms with Gasteiger partial charge in [0.15, 0.2) is 0 Å². The van der Waals surface area contributed by atoms with Crippen molar-refractivity contribution in [3.63, 3.8) is 0 Å². The van der Waals surface area contributed by atoms with Gasteiger partial charge in [0.25, 0.3) is 11.8 Å². The van der Waals surface area contributed by atoms with Crippen LogP contribution >= 0.6 is 0 Å². The molecule has 230 valence electrons. The minimum atomic E-state index is -0.287. The molecule has 0 spiro atoms. The van der Waals surface area contributed by atoms with Gasteiger partial charge in [0, 0.05) is 70.4 Å². The minimum Gasteiger partial charge on any atom is -0.490 e. The molecule has 2 heterocycles. The summed E-state index contributed by atoms with van der Waals surface area (Å²) in [6, 6.07) is 17.0. The number of piperidine rings is 2. The standard InChI is InChI=1S/C34H40N6O4/c1-4-32(34(43)40-19-15-31(16-20-40)44-30-11-9-28(10-12-30)37-25(3)41)36-22-24(2)33(42)38-29-13-17-39(18-14-29)23-27-7-5-26(21-35)6-8-27/h4-12,22,29,31H,2,13-20,23H2,1,3H3,(H,37,41)(H,38,42)/b32-4-,36-22-. The zero-order valence-corrected chi connectivity index (χ0v) is 25.4. The molecule has 0 aliphatic carbocycles. The van der Waals surface area contributed by atoms with Crippen molar-refractivity contribution in [1.29, 1.82) is 5.26 Å².